The van der Waals surface area contributed by atoms with E-state index < -0.39 is 29.3 Å². The fraction of sp³-hybridized carbons (Fsp3) is 0.125. The van der Waals surface area contributed by atoms with Gasteiger partial charge in [-0.25, -0.2) is 13.2 Å². The summed E-state index contributed by atoms with van der Waals surface area (Å²) >= 11 is 5.70. The largest absolute Gasteiger partial charge is 0.351 e. The van der Waals surface area contributed by atoms with Gasteiger partial charge in [0.05, 0.1) is 11.3 Å². The lowest BCUT2D eigenvalue weighted by molar-refractivity contribution is -0.116. The number of rotatable bonds is 5. The Bertz CT molecular complexity index is 784. The molecule has 0 heterocycles. The van der Waals surface area contributed by atoms with Crippen LogP contribution in [0.1, 0.15) is 16.8 Å². The highest BCUT2D eigenvalue weighted by Crippen LogP contribution is 2.19. The van der Waals surface area contributed by atoms with Crippen LogP contribution in [0.2, 0.25) is 5.02 Å². The molecule has 126 valence electrons. The Labute approximate surface area is 140 Å². The average Bonchev–Trinajstić information content (AvgIpc) is 2.50. The van der Waals surface area contributed by atoms with E-state index in [4.69, 9.17) is 11.6 Å². The highest BCUT2D eigenvalue weighted by Gasteiger charge is 2.13. The van der Waals surface area contributed by atoms with Crippen molar-refractivity contribution in [2.75, 3.05) is 11.9 Å². The lowest BCUT2D eigenvalue weighted by atomic mass is 10.2. The maximum absolute atomic E-state index is 13.5. The van der Waals surface area contributed by atoms with Crippen molar-refractivity contribution >= 4 is 29.1 Å². The number of carbonyl (C=O) groups excluding carboxylic acids is 2. The van der Waals surface area contributed by atoms with Crippen LogP contribution in [0.25, 0.3) is 0 Å². The molecule has 0 aromatic heterocycles. The maximum atomic E-state index is 13.5. The molecule has 2 aromatic carbocycles. The van der Waals surface area contributed by atoms with Gasteiger partial charge < -0.3 is 10.6 Å². The van der Waals surface area contributed by atoms with E-state index in [1.165, 1.54) is 12.1 Å². The van der Waals surface area contributed by atoms with Crippen molar-refractivity contribution in [1.29, 1.82) is 0 Å². The van der Waals surface area contributed by atoms with Crippen molar-refractivity contribution in [2.45, 2.75) is 6.42 Å². The zero-order chi connectivity index (χ0) is 17.7. The molecule has 0 saturated heterocycles. The summed E-state index contributed by atoms with van der Waals surface area (Å²) in [4.78, 5) is 23.4. The summed E-state index contributed by atoms with van der Waals surface area (Å²) in [6, 6.07) is 6.24. The molecule has 4 nitrogen and oxygen atoms in total. The summed E-state index contributed by atoms with van der Waals surface area (Å²) in [5, 5.41) is 4.89. The fourth-order valence-electron chi connectivity index (χ4n) is 1.86. The molecular weight excluding hydrogens is 345 g/mol. The van der Waals surface area contributed by atoms with Crippen molar-refractivity contribution in [3.63, 3.8) is 0 Å². The molecule has 2 aromatic rings. The molecule has 0 atom stereocenters. The molecule has 8 heteroatoms. The molecule has 0 aliphatic carbocycles. The molecular formula is C16H12ClF3N2O2. The van der Waals surface area contributed by atoms with Crippen LogP contribution in [0.5, 0.6) is 0 Å². The number of anilines is 1. The topological polar surface area (TPSA) is 58.2 Å². The average molecular weight is 357 g/mol. The predicted octanol–water partition coefficient (Wildman–Crippen LogP) is 3.52. The third-order valence-corrected chi connectivity index (χ3v) is 3.25. The van der Waals surface area contributed by atoms with Gasteiger partial charge in [0.2, 0.25) is 5.91 Å². The van der Waals surface area contributed by atoms with E-state index in [0.717, 1.165) is 18.2 Å². The summed E-state index contributed by atoms with van der Waals surface area (Å²) < 4.78 is 39.7. The Kier molecular flexibility index (Phi) is 5.81. The molecule has 0 spiro atoms. The number of benzene rings is 2. The van der Waals surface area contributed by atoms with Gasteiger partial charge in [0, 0.05) is 24.1 Å². The van der Waals surface area contributed by atoms with E-state index in [-0.39, 0.29) is 29.2 Å². The van der Waals surface area contributed by atoms with Crippen molar-refractivity contribution in [3.05, 3.63) is 64.4 Å². The van der Waals surface area contributed by atoms with E-state index in [0.29, 0.717) is 6.07 Å². The summed E-state index contributed by atoms with van der Waals surface area (Å²) in [7, 11) is 0. The standard InChI is InChI=1S/C16H12ClF3N2O2/c17-9-1-4-12(19)14(7-9)22-15(23)5-6-21-16(24)11-3-2-10(18)8-13(11)20/h1-4,7-8H,5-6H2,(H,21,24)(H,22,23). The van der Waals surface area contributed by atoms with Crippen molar-refractivity contribution < 1.29 is 22.8 Å². The lowest BCUT2D eigenvalue weighted by Crippen LogP contribution is -2.28. The van der Waals surface area contributed by atoms with Crippen molar-refractivity contribution in [3.8, 4) is 0 Å². The van der Waals surface area contributed by atoms with Gasteiger partial charge >= 0.3 is 0 Å². The zero-order valence-corrected chi connectivity index (χ0v) is 13.0. The van der Waals surface area contributed by atoms with E-state index in [1.807, 2.05) is 0 Å². The first kappa shape index (κ1) is 17.8. The quantitative estimate of drug-likeness (QED) is 0.861. The molecule has 0 radical (unpaired) electrons. The SMILES string of the molecule is O=C(CCNC(=O)c1ccc(F)cc1F)Nc1cc(Cl)ccc1F. The van der Waals surface area contributed by atoms with E-state index in [2.05, 4.69) is 10.6 Å². The number of halogens is 4. The van der Waals surface area contributed by atoms with Crippen LogP contribution >= 0.6 is 11.6 Å². The maximum Gasteiger partial charge on any atom is 0.254 e. The van der Waals surface area contributed by atoms with Crippen LogP contribution < -0.4 is 10.6 Å². The molecule has 0 saturated carbocycles. The number of nitrogens with one attached hydrogen (secondary N) is 2. The molecule has 0 fully saturated rings. The van der Waals surface area contributed by atoms with Crippen LogP contribution in [0.4, 0.5) is 18.9 Å². The van der Waals surface area contributed by atoms with Crippen molar-refractivity contribution in [1.82, 2.24) is 5.32 Å². The van der Waals surface area contributed by atoms with Crippen molar-refractivity contribution in [2.24, 2.45) is 0 Å². The van der Waals surface area contributed by atoms with Crippen LogP contribution in [-0.2, 0) is 4.79 Å². The molecule has 0 bridgehead atoms. The fourth-order valence-corrected chi connectivity index (χ4v) is 2.04. The van der Waals surface area contributed by atoms with Gasteiger partial charge in [-0.15, -0.1) is 0 Å². The van der Waals surface area contributed by atoms with Crippen LogP contribution in [-0.4, -0.2) is 18.4 Å². The highest BCUT2D eigenvalue weighted by molar-refractivity contribution is 6.30. The molecule has 2 rings (SSSR count). The molecule has 0 aliphatic heterocycles. The molecule has 2 amide bonds. The monoisotopic (exact) mass is 356 g/mol. The number of hydrogen-bond donors (Lipinski definition) is 2. The van der Waals surface area contributed by atoms with Gasteiger partial charge in [-0.05, 0) is 30.3 Å². The van der Waals surface area contributed by atoms with E-state index in [9.17, 15) is 22.8 Å². The molecule has 0 unspecified atom stereocenters. The van der Waals surface area contributed by atoms with Gasteiger partial charge in [0.1, 0.15) is 17.5 Å². The second-order valence-electron chi connectivity index (χ2n) is 4.80. The third kappa shape index (κ3) is 4.73. The minimum Gasteiger partial charge on any atom is -0.351 e. The second-order valence-corrected chi connectivity index (χ2v) is 5.24. The van der Waals surface area contributed by atoms with Crippen LogP contribution in [0.3, 0.4) is 0 Å². The Hall–Kier alpha value is -2.54. The number of amides is 2. The van der Waals surface area contributed by atoms with Crippen LogP contribution in [0.15, 0.2) is 36.4 Å². The summed E-state index contributed by atoms with van der Waals surface area (Å²) in [5.74, 6) is -3.79. The molecule has 0 aliphatic rings. The normalized spacial score (nSPS) is 10.3. The van der Waals surface area contributed by atoms with Gasteiger partial charge in [0.15, 0.2) is 0 Å². The first-order valence-electron chi connectivity index (χ1n) is 6.85. The Morgan fingerprint density at radius 3 is 2.46 bits per heavy atom. The summed E-state index contributed by atoms with van der Waals surface area (Å²) in [6.07, 6.45) is -0.166. The van der Waals surface area contributed by atoms with Crippen LogP contribution in [0, 0.1) is 17.5 Å². The van der Waals surface area contributed by atoms with Gasteiger partial charge in [0.25, 0.3) is 5.91 Å². The minimum absolute atomic E-state index is 0.0802. The van der Waals surface area contributed by atoms with Gasteiger partial charge in [-0.1, -0.05) is 11.6 Å². The lowest BCUT2D eigenvalue weighted by Gasteiger charge is -2.08. The van der Waals surface area contributed by atoms with E-state index in [1.54, 1.807) is 0 Å². The Balaban J connectivity index is 1.86. The van der Waals surface area contributed by atoms with Gasteiger partial charge in [-0.3, -0.25) is 9.59 Å². The summed E-state index contributed by atoms with van der Waals surface area (Å²) in [5.41, 5.74) is -0.416. The second kappa shape index (κ2) is 7.83. The third-order valence-electron chi connectivity index (χ3n) is 3.02. The predicted molar refractivity (Wildman–Crippen MR) is 83.3 cm³/mol. The Morgan fingerprint density at radius 1 is 1.00 bits per heavy atom. The number of hydrogen-bond acceptors (Lipinski definition) is 2. The minimum atomic E-state index is -1.00. The smallest absolute Gasteiger partial charge is 0.254 e. The summed E-state index contributed by atoms with van der Waals surface area (Å²) in [6.45, 7) is -0.107. The first-order valence-corrected chi connectivity index (χ1v) is 7.23. The highest BCUT2D eigenvalue weighted by atomic mass is 35.5. The molecule has 24 heavy (non-hydrogen) atoms. The van der Waals surface area contributed by atoms with Gasteiger partial charge in [-0.2, -0.15) is 0 Å². The first-order chi connectivity index (χ1) is 11.4. The number of carbonyl (C=O) groups is 2. The molecule has 2 N–H and O–H groups in total. The zero-order valence-electron chi connectivity index (χ0n) is 12.2. The van der Waals surface area contributed by atoms with E-state index >= 15 is 0 Å². The Morgan fingerprint density at radius 2 is 1.75 bits per heavy atom.